The molecular formula is C5H6ClN. The highest BCUT2D eigenvalue weighted by atomic mass is 35.5. The summed E-state index contributed by atoms with van der Waals surface area (Å²) in [6.07, 6.45) is 1.86. The lowest BCUT2D eigenvalue weighted by Crippen LogP contribution is -1.70. The Kier molecular flexibility index (Phi) is 1.37. The second-order valence-electron chi connectivity index (χ2n) is 1.33. The zero-order valence-electron chi connectivity index (χ0n) is 3.82. The van der Waals surface area contributed by atoms with Crippen molar-refractivity contribution in [3.8, 4) is 0 Å². The predicted molar refractivity (Wildman–Crippen MR) is 30.3 cm³/mol. The Morgan fingerprint density at radius 2 is 2.57 bits per heavy atom. The minimum absolute atomic E-state index is 0.576. The van der Waals surface area contributed by atoms with Crippen LogP contribution in [0.2, 0.25) is 0 Å². The van der Waals surface area contributed by atoms with Crippen molar-refractivity contribution in [3.05, 3.63) is 24.0 Å². The van der Waals surface area contributed by atoms with E-state index in [-0.39, 0.29) is 0 Å². The lowest BCUT2D eigenvalue weighted by molar-refractivity contribution is 1.23. The van der Waals surface area contributed by atoms with Gasteiger partial charge in [0, 0.05) is 11.9 Å². The summed E-state index contributed by atoms with van der Waals surface area (Å²) >= 11 is 5.44. The zero-order valence-corrected chi connectivity index (χ0v) is 4.57. The van der Waals surface area contributed by atoms with Gasteiger partial charge in [0.25, 0.3) is 0 Å². The fourth-order valence-corrected chi connectivity index (χ4v) is 0.617. The van der Waals surface area contributed by atoms with E-state index < -0.39 is 0 Å². The van der Waals surface area contributed by atoms with Gasteiger partial charge in [-0.2, -0.15) is 0 Å². The van der Waals surface area contributed by atoms with Crippen molar-refractivity contribution in [2.24, 2.45) is 0 Å². The summed E-state index contributed by atoms with van der Waals surface area (Å²) < 4.78 is 0. The Morgan fingerprint density at radius 1 is 1.71 bits per heavy atom. The molecule has 0 radical (unpaired) electrons. The Morgan fingerprint density at radius 3 is 2.86 bits per heavy atom. The van der Waals surface area contributed by atoms with Crippen LogP contribution in [0.4, 0.5) is 0 Å². The summed E-state index contributed by atoms with van der Waals surface area (Å²) in [5, 5.41) is 0. The van der Waals surface area contributed by atoms with Crippen LogP contribution >= 0.6 is 11.6 Å². The molecular weight excluding hydrogens is 110 g/mol. The van der Waals surface area contributed by atoms with E-state index >= 15 is 0 Å². The van der Waals surface area contributed by atoms with Crippen LogP contribution in [0.25, 0.3) is 0 Å². The molecule has 38 valence electrons. The normalized spacial score (nSPS) is 9.29. The van der Waals surface area contributed by atoms with Crippen LogP contribution in [0, 0.1) is 0 Å². The quantitative estimate of drug-likeness (QED) is 0.537. The average Bonchev–Trinajstić information content (AvgIpc) is 2.14. The molecule has 0 spiro atoms. The molecule has 2 heteroatoms. The monoisotopic (exact) mass is 115 g/mol. The topological polar surface area (TPSA) is 15.8 Å². The van der Waals surface area contributed by atoms with Gasteiger partial charge in [-0.15, -0.1) is 11.6 Å². The Labute approximate surface area is 47.3 Å². The molecule has 0 amide bonds. The summed E-state index contributed by atoms with van der Waals surface area (Å²) in [5.41, 5.74) is 1.07. The summed E-state index contributed by atoms with van der Waals surface area (Å²) in [6.45, 7) is 0. The first-order valence-corrected chi connectivity index (χ1v) is 2.65. The van der Waals surface area contributed by atoms with E-state index in [0.717, 1.165) is 5.69 Å². The Hall–Kier alpha value is -0.430. The van der Waals surface area contributed by atoms with Crippen molar-refractivity contribution >= 4 is 11.6 Å². The van der Waals surface area contributed by atoms with E-state index in [0.29, 0.717) is 5.88 Å². The van der Waals surface area contributed by atoms with Gasteiger partial charge in [-0.05, 0) is 12.1 Å². The van der Waals surface area contributed by atoms with Crippen molar-refractivity contribution in [2.45, 2.75) is 5.88 Å². The molecule has 1 heterocycles. The molecule has 0 aliphatic rings. The molecule has 0 atom stereocenters. The lowest BCUT2D eigenvalue weighted by atomic mass is 10.5. The maximum atomic E-state index is 5.44. The number of rotatable bonds is 1. The third-order valence-corrected chi connectivity index (χ3v) is 1.09. The highest BCUT2D eigenvalue weighted by Crippen LogP contribution is 1.96. The first-order chi connectivity index (χ1) is 3.43. The van der Waals surface area contributed by atoms with Crippen LogP contribution in [0.5, 0.6) is 0 Å². The zero-order chi connectivity index (χ0) is 5.11. The van der Waals surface area contributed by atoms with Crippen LogP contribution < -0.4 is 0 Å². The number of alkyl halides is 1. The molecule has 1 aromatic rings. The SMILES string of the molecule is ClCc1ccc[nH]1. The summed E-state index contributed by atoms with van der Waals surface area (Å²) in [5.74, 6) is 0.576. The van der Waals surface area contributed by atoms with Crippen LogP contribution in [0.15, 0.2) is 18.3 Å². The molecule has 0 bridgehead atoms. The van der Waals surface area contributed by atoms with Gasteiger partial charge in [0.1, 0.15) is 0 Å². The van der Waals surface area contributed by atoms with E-state index in [1.54, 1.807) is 0 Å². The van der Waals surface area contributed by atoms with Crippen molar-refractivity contribution in [1.29, 1.82) is 0 Å². The van der Waals surface area contributed by atoms with Crippen LogP contribution in [-0.4, -0.2) is 4.98 Å². The molecule has 0 saturated carbocycles. The van der Waals surface area contributed by atoms with E-state index in [2.05, 4.69) is 4.98 Å². The smallest absolute Gasteiger partial charge is 0.0625 e. The van der Waals surface area contributed by atoms with Gasteiger partial charge in [-0.1, -0.05) is 0 Å². The van der Waals surface area contributed by atoms with Gasteiger partial charge in [-0.3, -0.25) is 0 Å². The molecule has 1 rings (SSSR count). The molecule has 0 unspecified atom stereocenters. The fourth-order valence-electron chi connectivity index (χ4n) is 0.451. The van der Waals surface area contributed by atoms with E-state index in [1.807, 2.05) is 18.3 Å². The van der Waals surface area contributed by atoms with Crippen LogP contribution in [0.1, 0.15) is 5.69 Å². The molecule has 0 aliphatic carbocycles. The lowest BCUT2D eigenvalue weighted by Gasteiger charge is -1.79. The number of aromatic amines is 1. The molecule has 7 heavy (non-hydrogen) atoms. The fraction of sp³-hybridized carbons (Fsp3) is 0.200. The molecule has 0 aromatic carbocycles. The molecule has 0 fully saturated rings. The second kappa shape index (κ2) is 2.03. The number of H-pyrrole nitrogens is 1. The van der Waals surface area contributed by atoms with Gasteiger partial charge in [0.2, 0.25) is 0 Å². The number of aromatic nitrogens is 1. The molecule has 1 nitrogen and oxygen atoms in total. The molecule has 1 aromatic heterocycles. The third kappa shape index (κ3) is 0.967. The van der Waals surface area contributed by atoms with E-state index in [9.17, 15) is 0 Å². The Bertz CT molecular complexity index is 123. The third-order valence-electron chi connectivity index (χ3n) is 0.806. The van der Waals surface area contributed by atoms with Gasteiger partial charge < -0.3 is 4.98 Å². The largest absolute Gasteiger partial charge is 0.364 e. The molecule has 0 saturated heterocycles. The van der Waals surface area contributed by atoms with Crippen molar-refractivity contribution < 1.29 is 0 Å². The van der Waals surface area contributed by atoms with Gasteiger partial charge in [0.15, 0.2) is 0 Å². The van der Waals surface area contributed by atoms with Gasteiger partial charge in [0.05, 0.1) is 5.88 Å². The summed E-state index contributed by atoms with van der Waals surface area (Å²) in [4.78, 5) is 2.95. The molecule has 0 aliphatic heterocycles. The standard InChI is InChI=1S/C5H6ClN/c6-4-5-2-1-3-7-5/h1-3,7H,4H2. The maximum Gasteiger partial charge on any atom is 0.0625 e. The summed E-state index contributed by atoms with van der Waals surface area (Å²) in [6, 6.07) is 3.88. The Balaban J connectivity index is 2.76. The number of hydrogen-bond donors (Lipinski definition) is 1. The van der Waals surface area contributed by atoms with Gasteiger partial charge in [-0.25, -0.2) is 0 Å². The van der Waals surface area contributed by atoms with Gasteiger partial charge >= 0.3 is 0 Å². The van der Waals surface area contributed by atoms with Crippen LogP contribution in [-0.2, 0) is 5.88 Å². The van der Waals surface area contributed by atoms with Crippen molar-refractivity contribution in [2.75, 3.05) is 0 Å². The number of nitrogens with one attached hydrogen (secondary N) is 1. The summed E-state index contributed by atoms with van der Waals surface area (Å²) in [7, 11) is 0. The minimum atomic E-state index is 0.576. The van der Waals surface area contributed by atoms with Crippen LogP contribution in [0.3, 0.4) is 0 Å². The second-order valence-corrected chi connectivity index (χ2v) is 1.60. The average molecular weight is 116 g/mol. The predicted octanol–water partition coefficient (Wildman–Crippen LogP) is 1.75. The maximum absolute atomic E-state index is 5.44. The number of hydrogen-bond acceptors (Lipinski definition) is 0. The first kappa shape index (κ1) is 4.72. The molecule has 1 N–H and O–H groups in total. The van der Waals surface area contributed by atoms with E-state index in [1.165, 1.54) is 0 Å². The van der Waals surface area contributed by atoms with Crippen molar-refractivity contribution in [3.63, 3.8) is 0 Å². The van der Waals surface area contributed by atoms with Crippen molar-refractivity contribution in [1.82, 2.24) is 4.98 Å². The minimum Gasteiger partial charge on any atom is -0.364 e. The highest BCUT2D eigenvalue weighted by Gasteiger charge is 1.82. The highest BCUT2D eigenvalue weighted by molar-refractivity contribution is 6.16. The number of halogens is 1. The van der Waals surface area contributed by atoms with E-state index in [4.69, 9.17) is 11.6 Å². The first-order valence-electron chi connectivity index (χ1n) is 2.11.